The molecule has 1 amide bonds. The SMILES string of the molecule is COc1ccc(CCNC(=O)c2cc(-c3ccccc3)n([C@H]3CCS(=O)(=O)C3)n2)cc1. The molecule has 8 heteroatoms. The number of carbonyl (C=O) groups excluding carboxylic acids is 1. The Bertz CT molecular complexity index is 1160. The molecule has 2 heterocycles. The Labute approximate surface area is 182 Å². The number of benzene rings is 2. The molecule has 1 aliphatic rings. The van der Waals surface area contributed by atoms with Gasteiger partial charge in [0.2, 0.25) is 0 Å². The smallest absolute Gasteiger partial charge is 0.271 e. The van der Waals surface area contributed by atoms with Crippen molar-refractivity contribution in [3.8, 4) is 17.0 Å². The summed E-state index contributed by atoms with van der Waals surface area (Å²) in [7, 11) is -1.45. The molecule has 0 aliphatic carbocycles. The molecule has 31 heavy (non-hydrogen) atoms. The van der Waals surface area contributed by atoms with Gasteiger partial charge >= 0.3 is 0 Å². The molecule has 2 aromatic carbocycles. The number of amides is 1. The molecule has 0 bridgehead atoms. The highest BCUT2D eigenvalue weighted by molar-refractivity contribution is 7.91. The van der Waals surface area contributed by atoms with E-state index in [-0.39, 0.29) is 29.1 Å². The van der Waals surface area contributed by atoms with Crippen molar-refractivity contribution in [1.29, 1.82) is 0 Å². The van der Waals surface area contributed by atoms with Crippen LogP contribution in [-0.4, -0.2) is 49.3 Å². The van der Waals surface area contributed by atoms with Gasteiger partial charge in [-0.15, -0.1) is 0 Å². The van der Waals surface area contributed by atoms with Crippen molar-refractivity contribution in [3.63, 3.8) is 0 Å². The summed E-state index contributed by atoms with van der Waals surface area (Å²) >= 11 is 0. The van der Waals surface area contributed by atoms with Crippen molar-refractivity contribution in [2.45, 2.75) is 18.9 Å². The van der Waals surface area contributed by atoms with Crippen molar-refractivity contribution in [2.75, 3.05) is 25.2 Å². The monoisotopic (exact) mass is 439 g/mol. The molecule has 0 saturated carbocycles. The largest absolute Gasteiger partial charge is 0.497 e. The van der Waals surface area contributed by atoms with Gasteiger partial charge in [-0.1, -0.05) is 42.5 Å². The van der Waals surface area contributed by atoms with Crippen molar-refractivity contribution in [3.05, 3.63) is 71.9 Å². The number of hydrogen-bond donors (Lipinski definition) is 1. The van der Waals surface area contributed by atoms with Crippen molar-refractivity contribution in [2.24, 2.45) is 0 Å². The molecule has 1 atom stereocenters. The van der Waals surface area contributed by atoms with E-state index in [2.05, 4.69) is 10.4 Å². The third kappa shape index (κ3) is 4.96. The van der Waals surface area contributed by atoms with E-state index in [4.69, 9.17) is 4.74 Å². The van der Waals surface area contributed by atoms with Crippen LogP contribution in [0.25, 0.3) is 11.3 Å². The Morgan fingerprint density at radius 3 is 2.55 bits per heavy atom. The molecule has 1 N–H and O–H groups in total. The molecule has 7 nitrogen and oxygen atoms in total. The summed E-state index contributed by atoms with van der Waals surface area (Å²) < 4.78 is 30.8. The lowest BCUT2D eigenvalue weighted by Crippen LogP contribution is -2.26. The zero-order valence-corrected chi connectivity index (χ0v) is 18.1. The lowest BCUT2D eigenvalue weighted by atomic mass is 10.1. The molecule has 1 saturated heterocycles. The summed E-state index contributed by atoms with van der Waals surface area (Å²) in [5.41, 5.74) is 3.03. The average molecular weight is 440 g/mol. The van der Waals surface area contributed by atoms with Gasteiger partial charge in [-0.05, 0) is 42.2 Å². The highest BCUT2D eigenvalue weighted by atomic mass is 32.2. The number of sulfone groups is 1. The number of rotatable bonds is 7. The first-order valence-electron chi connectivity index (χ1n) is 10.2. The molecular weight excluding hydrogens is 414 g/mol. The van der Waals surface area contributed by atoms with Gasteiger partial charge < -0.3 is 10.1 Å². The zero-order valence-electron chi connectivity index (χ0n) is 17.3. The van der Waals surface area contributed by atoms with Gasteiger partial charge in [-0.2, -0.15) is 5.10 Å². The third-order valence-corrected chi connectivity index (χ3v) is 7.20. The van der Waals surface area contributed by atoms with Crippen LogP contribution in [0, 0.1) is 0 Å². The van der Waals surface area contributed by atoms with E-state index in [0.717, 1.165) is 22.6 Å². The van der Waals surface area contributed by atoms with E-state index in [1.807, 2.05) is 54.6 Å². The molecule has 1 aliphatic heterocycles. The molecule has 0 spiro atoms. The minimum atomic E-state index is -3.07. The minimum absolute atomic E-state index is 0.0487. The normalized spacial score (nSPS) is 17.4. The van der Waals surface area contributed by atoms with E-state index in [1.54, 1.807) is 17.9 Å². The number of ether oxygens (including phenoxy) is 1. The fourth-order valence-electron chi connectivity index (χ4n) is 3.78. The number of aromatic nitrogens is 2. The summed E-state index contributed by atoms with van der Waals surface area (Å²) in [6, 6.07) is 18.8. The Morgan fingerprint density at radius 1 is 1.16 bits per heavy atom. The van der Waals surface area contributed by atoms with Gasteiger partial charge in [-0.3, -0.25) is 9.48 Å². The van der Waals surface area contributed by atoms with Gasteiger partial charge in [0.05, 0.1) is 30.4 Å². The average Bonchev–Trinajstić information content (AvgIpc) is 3.38. The van der Waals surface area contributed by atoms with Gasteiger partial charge in [0.15, 0.2) is 15.5 Å². The maximum absolute atomic E-state index is 12.7. The van der Waals surface area contributed by atoms with Gasteiger partial charge in [0.1, 0.15) is 5.75 Å². The van der Waals surface area contributed by atoms with Crippen LogP contribution >= 0.6 is 0 Å². The standard InChI is InChI=1S/C23H25N3O4S/c1-30-20-9-7-17(8-10-20)11-13-24-23(27)21-15-22(18-5-3-2-4-6-18)26(25-21)19-12-14-31(28,29)16-19/h2-10,15,19H,11-14,16H2,1H3,(H,24,27)/t19-/m0/s1. The molecule has 1 aromatic heterocycles. The summed E-state index contributed by atoms with van der Waals surface area (Å²) in [6.45, 7) is 0.469. The van der Waals surface area contributed by atoms with E-state index >= 15 is 0 Å². The second-order valence-electron chi connectivity index (χ2n) is 7.64. The van der Waals surface area contributed by atoms with Crippen LogP contribution in [0.15, 0.2) is 60.7 Å². The number of nitrogens with one attached hydrogen (secondary N) is 1. The predicted molar refractivity (Wildman–Crippen MR) is 119 cm³/mol. The molecular formula is C23H25N3O4S. The van der Waals surface area contributed by atoms with Crippen LogP contribution in [0.3, 0.4) is 0 Å². The van der Waals surface area contributed by atoms with Gasteiger partial charge in [-0.25, -0.2) is 8.42 Å². The molecule has 1 fully saturated rings. The predicted octanol–water partition coefficient (Wildman–Crippen LogP) is 2.89. The second-order valence-corrected chi connectivity index (χ2v) is 9.86. The summed E-state index contributed by atoms with van der Waals surface area (Å²) in [4.78, 5) is 12.7. The highest BCUT2D eigenvalue weighted by Gasteiger charge is 2.32. The lowest BCUT2D eigenvalue weighted by Gasteiger charge is -2.13. The molecule has 0 unspecified atom stereocenters. The van der Waals surface area contributed by atoms with Crippen LogP contribution in [0.4, 0.5) is 0 Å². The first kappa shape index (κ1) is 21.1. The third-order valence-electron chi connectivity index (χ3n) is 5.45. The minimum Gasteiger partial charge on any atom is -0.497 e. The molecule has 0 radical (unpaired) electrons. The highest BCUT2D eigenvalue weighted by Crippen LogP contribution is 2.30. The van der Waals surface area contributed by atoms with Gasteiger partial charge in [0, 0.05) is 6.54 Å². The van der Waals surface area contributed by atoms with Crippen molar-refractivity contribution in [1.82, 2.24) is 15.1 Å². The van der Waals surface area contributed by atoms with E-state index in [9.17, 15) is 13.2 Å². The van der Waals surface area contributed by atoms with E-state index in [1.165, 1.54) is 0 Å². The maximum atomic E-state index is 12.7. The fraction of sp³-hybridized carbons (Fsp3) is 0.304. The Balaban J connectivity index is 1.50. The summed E-state index contributed by atoms with van der Waals surface area (Å²) in [6.07, 6.45) is 1.19. The zero-order chi connectivity index (χ0) is 21.8. The second kappa shape index (κ2) is 8.93. The van der Waals surface area contributed by atoms with Crippen LogP contribution in [0.2, 0.25) is 0 Å². The van der Waals surface area contributed by atoms with Crippen molar-refractivity contribution >= 4 is 15.7 Å². The van der Waals surface area contributed by atoms with Crippen LogP contribution in [-0.2, 0) is 16.3 Å². The van der Waals surface area contributed by atoms with Gasteiger partial charge in [0.25, 0.3) is 5.91 Å². The topological polar surface area (TPSA) is 90.3 Å². The molecule has 162 valence electrons. The quantitative estimate of drug-likeness (QED) is 0.611. The van der Waals surface area contributed by atoms with Crippen LogP contribution < -0.4 is 10.1 Å². The van der Waals surface area contributed by atoms with Crippen LogP contribution in [0.5, 0.6) is 5.75 Å². The number of nitrogens with zero attached hydrogens (tertiary/aromatic N) is 2. The number of methoxy groups -OCH3 is 1. The van der Waals surface area contributed by atoms with E-state index in [0.29, 0.717) is 19.4 Å². The first-order chi connectivity index (χ1) is 14.9. The Kier molecular flexibility index (Phi) is 6.08. The Hall–Kier alpha value is -3.13. The van der Waals surface area contributed by atoms with E-state index < -0.39 is 9.84 Å². The summed E-state index contributed by atoms with van der Waals surface area (Å²) in [5, 5.41) is 7.42. The maximum Gasteiger partial charge on any atom is 0.271 e. The Morgan fingerprint density at radius 2 is 1.90 bits per heavy atom. The number of hydrogen-bond acceptors (Lipinski definition) is 5. The summed E-state index contributed by atoms with van der Waals surface area (Å²) in [5.74, 6) is 0.716. The first-order valence-corrected chi connectivity index (χ1v) is 12.0. The number of carbonyl (C=O) groups is 1. The fourth-order valence-corrected chi connectivity index (χ4v) is 5.47. The lowest BCUT2D eigenvalue weighted by molar-refractivity contribution is 0.0948. The molecule has 4 rings (SSSR count). The molecule has 3 aromatic rings. The van der Waals surface area contributed by atoms with Crippen molar-refractivity contribution < 1.29 is 17.9 Å². The van der Waals surface area contributed by atoms with Crippen LogP contribution in [0.1, 0.15) is 28.5 Å².